The van der Waals surface area contributed by atoms with Gasteiger partial charge in [0.2, 0.25) is 5.91 Å². The highest BCUT2D eigenvalue weighted by Gasteiger charge is 2.08. The molecular formula is C21H26N2O3. The summed E-state index contributed by atoms with van der Waals surface area (Å²) < 4.78 is 11.3. The van der Waals surface area contributed by atoms with Crippen molar-refractivity contribution in [2.24, 2.45) is 0 Å². The SMILES string of the molecule is C=C(C)COc1ccc(NCC(=O)Nc2ccccc2OC(C)C)cc1. The summed E-state index contributed by atoms with van der Waals surface area (Å²) in [5.74, 6) is 1.28. The quantitative estimate of drug-likeness (QED) is 0.652. The second-order valence-electron chi connectivity index (χ2n) is 6.33. The molecule has 0 saturated carbocycles. The fourth-order valence-corrected chi connectivity index (χ4v) is 2.18. The molecule has 0 atom stereocenters. The minimum Gasteiger partial charge on any atom is -0.489 e. The zero-order chi connectivity index (χ0) is 18.9. The fraction of sp³-hybridized carbons (Fsp3) is 0.286. The molecule has 5 nitrogen and oxygen atoms in total. The van der Waals surface area contributed by atoms with Crippen molar-refractivity contribution in [2.45, 2.75) is 26.9 Å². The number of anilines is 2. The lowest BCUT2D eigenvalue weighted by Crippen LogP contribution is -2.22. The molecular weight excluding hydrogens is 328 g/mol. The number of hydrogen-bond donors (Lipinski definition) is 2. The molecule has 2 aromatic rings. The third-order valence-corrected chi connectivity index (χ3v) is 3.32. The number of carbonyl (C=O) groups excluding carboxylic acids is 1. The topological polar surface area (TPSA) is 59.6 Å². The average Bonchev–Trinajstić information content (AvgIpc) is 2.60. The molecule has 0 spiro atoms. The van der Waals surface area contributed by atoms with Gasteiger partial charge in [-0.05, 0) is 62.7 Å². The molecule has 0 aliphatic heterocycles. The van der Waals surface area contributed by atoms with Crippen LogP contribution in [0, 0.1) is 0 Å². The zero-order valence-corrected chi connectivity index (χ0v) is 15.5. The maximum atomic E-state index is 12.2. The predicted octanol–water partition coefficient (Wildman–Crippen LogP) is 4.48. The standard InChI is InChI=1S/C21H26N2O3/c1-15(2)14-25-18-11-9-17(10-12-18)22-13-21(24)23-19-7-5-6-8-20(19)26-16(3)4/h5-12,16,22H,1,13-14H2,2-4H3,(H,23,24). The Morgan fingerprint density at radius 2 is 1.81 bits per heavy atom. The van der Waals surface area contributed by atoms with E-state index in [0.29, 0.717) is 18.0 Å². The minimum atomic E-state index is -0.146. The summed E-state index contributed by atoms with van der Waals surface area (Å²) in [7, 11) is 0. The summed E-state index contributed by atoms with van der Waals surface area (Å²) in [6.45, 7) is 10.3. The van der Waals surface area contributed by atoms with E-state index < -0.39 is 0 Å². The van der Waals surface area contributed by atoms with Crippen molar-refractivity contribution in [2.75, 3.05) is 23.8 Å². The Kier molecular flexibility index (Phi) is 7.09. The van der Waals surface area contributed by atoms with Crippen LogP contribution in [0.4, 0.5) is 11.4 Å². The molecule has 0 unspecified atom stereocenters. The third kappa shape index (κ3) is 6.51. The van der Waals surface area contributed by atoms with Gasteiger partial charge in [-0.2, -0.15) is 0 Å². The largest absolute Gasteiger partial charge is 0.489 e. The second-order valence-corrected chi connectivity index (χ2v) is 6.33. The van der Waals surface area contributed by atoms with Crippen LogP contribution >= 0.6 is 0 Å². The van der Waals surface area contributed by atoms with Crippen molar-refractivity contribution >= 4 is 17.3 Å². The van der Waals surface area contributed by atoms with Gasteiger partial charge in [-0.1, -0.05) is 18.7 Å². The monoisotopic (exact) mass is 354 g/mol. The fourth-order valence-electron chi connectivity index (χ4n) is 2.18. The molecule has 2 N–H and O–H groups in total. The zero-order valence-electron chi connectivity index (χ0n) is 15.5. The van der Waals surface area contributed by atoms with E-state index in [1.165, 1.54) is 0 Å². The number of nitrogens with one attached hydrogen (secondary N) is 2. The van der Waals surface area contributed by atoms with Gasteiger partial charge in [-0.3, -0.25) is 4.79 Å². The summed E-state index contributed by atoms with van der Waals surface area (Å²) in [6, 6.07) is 14.9. The van der Waals surface area contributed by atoms with Crippen LogP contribution in [0.3, 0.4) is 0 Å². The van der Waals surface area contributed by atoms with Crippen molar-refractivity contribution in [1.82, 2.24) is 0 Å². The highest BCUT2D eigenvalue weighted by molar-refractivity contribution is 5.95. The van der Waals surface area contributed by atoms with Gasteiger partial charge in [-0.15, -0.1) is 0 Å². The van der Waals surface area contributed by atoms with E-state index in [4.69, 9.17) is 9.47 Å². The van der Waals surface area contributed by atoms with E-state index in [2.05, 4.69) is 17.2 Å². The van der Waals surface area contributed by atoms with Crippen LogP contribution in [0.25, 0.3) is 0 Å². The average molecular weight is 354 g/mol. The summed E-state index contributed by atoms with van der Waals surface area (Å²) in [5.41, 5.74) is 2.47. The number of para-hydroxylation sites is 2. The Labute approximate surface area is 155 Å². The van der Waals surface area contributed by atoms with E-state index in [0.717, 1.165) is 17.0 Å². The first-order valence-electron chi connectivity index (χ1n) is 8.60. The van der Waals surface area contributed by atoms with Gasteiger partial charge in [-0.25, -0.2) is 0 Å². The smallest absolute Gasteiger partial charge is 0.243 e. The normalized spacial score (nSPS) is 10.3. The Morgan fingerprint density at radius 3 is 2.46 bits per heavy atom. The maximum absolute atomic E-state index is 12.2. The molecule has 0 aromatic heterocycles. The molecule has 1 amide bonds. The van der Waals surface area contributed by atoms with E-state index >= 15 is 0 Å². The highest BCUT2D eigenvalue weighted by Crippen LogP contribution is 2.24. The molecule has 0 saturated heterocycles. The van der Waals surface area contributed by atoms with Crippen molar-refractivity contribution in [3.05, 3.63) is 60.7 Å². The van der Waals surface area contributed by atoms with Gasteiger partial charge in [0.25, 0.3) is 0 Å². The molecule has 2 rings (SSSR count). The summed E-state index contributed by atoms with van der Waals surface area (Å²) >= 11 is 0. The summed E-state index contributed by atoms with van der Waals surface area (Å²) in [5, 5.41) is 5.96. The molecule has 2 aromatic carbocycles. The van der Waals surface area contributed by atoms with Crippen LogP contribution in [0.15, 0.2) is 60.7 Å². The van der Waals surface area contributed by atoms with E-state index in [1.807, 2.05) is 69.3 Å². The van der Waals surface area contributed by atoms with Crippen molar-refractivity contribution in [1.29, 1.82) is 0 Å². The molecule has 138 valence electrons. The van der Waals surface area contributed by atoms with Gasteiger partial charge in [0, 0.05) is 5.69 Å². The molecule has 0 heterocycles. The molecule has 0 radical (unpaired) electrons. The highest BCUT2D eigenvalue weighted by atomic mass is 16.5. The van der Waals surface area contributed by atoms with E-state index in [1.54, 1.807) is 0 Å². The van der Waals surface area contributed by atoms with Crippen LogP contribution in [-0.2, 0) is 4.79 Å². The minimum absolute atomic E-state index is 0.0387. The van der Waals surface area contributed by atoms with Crippen LogP contribution in [0.2, 0.25) is 0 Å². The number of benzene rings is 2. The summed E-state index contributed by atoms with van der Waals surface area (Å²) in [4.78, 5) is 12.2. The first-order chi connectivity index (χ1) is 12.4. The number of hydrogen-bond acceptors (Lipinski definition) is 4. The third-order valence-electron chi connectivity index (χ3n) is 3.32. The lowest BCUT2D eigenvalue weighted by Gasteiger charge is -2.15. The molecule has 0 fully saturated rings. The number of ether oxygens (including phenoxy) is 2. The number of rotatable bonds is 9. The predicted molar refractivity (Wildman–Crippen MR) is 106 cm³/mol. The van der Waals surface area contributed by atoms with Crippen LogP contribution in [0.1, 0.15) is 20.8 Å². The van der Waals surface area contributed by atoms with Gasteiger partial charge in [0.1, 0.15) is 18.1 Å². The van der Waals surface area contributed by atoms with Gasteiger partial charge in [0.05, 0.1) is 18.3 Å². The number of carbonyl (C=O) groups is 1. The Bertz CT molecular complexity index is 739. The molecule has 0 bridgehead atoms. The summed E-state index contributed by atoms with van der Waals surface area (Å²) in [6.07, 6.45) is 0.0387. The van der Waals surface area contributed by atoms with Crippen LogP contribution in [-0.4, -0.2) is 25.2 Å². The molecule has 0 aliphatic carbocycles. The first-order valence-corrected chi connectivity index (χ1v) is 8.60. The molecule has 0 aliphatic rings. The van der Waals surface area contributed by atoms with Crippen molar-refractivity contribution in [3.63, 3.8) is 0 Å². The Morgan fingerprint density at radius 1 is 1.12 bits per heavy atom. The second kappa shape index (κ2) is 9.51. The maximum Gasteiger partial charge on any atom is 0.243 e. The van der Waals surface area contributed by atoms with E-state index in [9.17, 15) is 4.79 Å². The first kappa shape index (κ1) is 19.4. The van der Waals surface area contributed by atoms with Gasteiger partial charge in [0.15, 0.2) is 0 Å². The van der Waals surface area contributed by atoms with Gasteiger partial charge >= 0.3 is 0 Å². The van der Waals surface area contributed by atoms with E-state index in [-0.39, 0.29) is 18.6 Å². The van der Waals surface area contributed by atoms with Crippen LogP contribution < -0.4 is 20.1 Å². The van der Waals surface area contributed by atoms with Gasteiger partial charge < -0.3 is 20.1 Å². The number of amides is 1. The van der Waals surface area contributed by atoms with Crippen molar-refractivity contribution < 1.29 is 14.3 Å². The van der Waals surface area contributed by atoms with Crippen LogP contribution in [0.5, 0.6) is 11.5 Å². The molecule has 5 heteroatoms. The lowest BCUT2D eigenvalue weighted by molar-refractivity contribution is -0.114. The Balaban J connectivity index is 1.86. The lowest BCUT2D eigenvalue weighted by atomic mass is 10.2. The Hall–Kier alpha value is -2.95. The molecule has 26 heavy (non-hydrogen) atoms. The van der Waals surface area contributed by atoms with Crippen molar-refractivity contribution in [3.8, 4) is 11.5 Å².